The van der Waals surface area contributed by atoms with Crippen LogP contribution in [0.5, 0.6) is 0 Å². The Hall–Kier alpha value is -1.68. The standard InChI is InChI=1S/2C2H2O4.Fe.2H2O/c2*3-1(4)2(5)6;;;/h2*(H,3,4)(H,5,6);;2*1H2/q;;+4;;/p-4. The van der Waals surface area contributed by atoms with E-state index in [2.05, 4.69) is 0 Å². The first-order chi connectivity index (χ1) is 5.29. The van der Waals surface area contributed by atoms with Crippen molar-refractivity contribution in [3.63, 3.8) is 0 Å². The molecule has 0 saturated heterocycles. The van der Waals surface area contributed by atoms with Crippen molar-refractivity contribution < 1.29 is 67.6 Å². The third-order valence-corrected chi connectivity index (χ3v) is 0.333. The SMILES string of the molecule is O.O.O=C([O-])C(=O)[O-].O=C([O-])C(=O)[O-].[Fe+4]. The fourth-order valence-electron chi connectivity index (χ4n) is 0. The van der Waals surface area contributed by atoms with Crippen LogP contribution in [0.1, 0.15) is 0 Å². The van der Waals surface area contributed by atoms with Gasteiger partial charge in [-0.15, -0.1) is 0 Å². The van der Waals surface area contributed by atoms with Gasteiger partial charge in [-0.1, -0.05) is 0 Å². The van der Waals surface area contributed by atoms with Gasteiger partial charge in [0.25, 0.3) is 0 Å². The van der Waals surface area contributed by atoms with Crippen molar-refractivity contribution >= 4 is 23.9 Å². The molecule has 4 N–H and O–H groups in total. The summed E-state index contributed by atoms with van der Waals surface area (Å²) in [4.78, 5) is 35.7. The van der Waals surface area contributed by atoms with Crippen LogP contribution < -0.4 is 20.4 Å². The van der Waals surface area contributed by atoms with Gasteiger partial charge in [-0.05, 0) is 0 Å². The molecule has 88 valence electrons. The van der Waals surface area contributed by atoms with Crippen LogP contribution in [-0.4, -0.2) is 34.8 Å². The molecular weight excluding hydrogens is 264 g/mol. The minimum Gasteiger partial charge on any atom is -0.543 e. The van der Waals surface area contributed by atoms with E-state index in [1.165, 1.54) is 0 Å². The molecule has 0 rings (SSSR count). The summed E-state index contributed by atoms with van der Waals surface area (Å²) in [7, 11) is 0. The van der Waals surface area contributed by atoms with Crippen molar-refractivity contribution in [2.75, 3.05) is 0 Å². The Morgan fingerprint density at radius 2 is 0.600 bits per heavy atom. The van der Waals surface area contributed by atoms with E-state index in [-0.39, 0.29) is 28.0 Å². The second kappa shape index (κ2) is 14.8. The third-order valence-electron chi connectivity index (χ3n) is 0.333. The molecule has 0 aliphatic carbocycles. The summed E-state index contributed by atoms with van der Waals surface area (Å²) in [5.41, 5.74) is 0. The first-order valence-corrected chi connectivity index (χ1v) is 2.13. The molecule has 0 radical (unpaired) electrons. The zero-order valence-electron chi connectivity index (χ0n) is 6.62. The number of aliphatic carboxylic acids is 4. The zero-order chi connectivity index (χ0) is 10.3. The third kappa shape index (κ3) is 32.9. The topological polar surface area (TPSA) is 224 Å². The van der Waals surface area contributed by atoms with Crippen molar-refractivity contribution in [3.05, 3.63) is 0 Å². The first-order valence-electron chi connectivity index (χ1n) is 2.13. The van der Waals surface area contributed by atoms with Gasteiger partial charge in [0.1, 0.15) is 0 Å². The quantitative estimate of drug-likeness (QED) is 0.301. The smallest absolute Gasteiger partial charge is 0.543 e. The zero-order valence-corrected chi connectivity index (χ0v) is 7.72. The molecule has 0 heterocycles. The predicted molar refractivity (Wildman–Crippen MR) is 27.3 cm³/mol. The van der Waals surface area contributed by atoms with Crippen molar-refractivity contribution in [2.24, 2.45) is 0 Å². The van der Waals surface area contributed by atoms with Crippen molar-refractivity contribution in [1.82, 2.24) is 0 Å². The second-order valence-electron chi connectivity index (χ2n) is 1.15. The average molecular weight is 268 g/mol. The van der Waals surface area contributed by atoms with Crippen LogP contribution in [-0.2, 0) is 36.2 Å². The van der Waals surface area contributed by atoms with Crippen LogP contribution in [0.25, 0.3) is 0 Å². The molecule has 0 aliphatic rings. The van der Waals surface area contributed by atoms with Crippen molar-refractivity contribution in [3.8, 4) is 0 Å². The predicted octanol–water partition coefficient (Wildman–Crippen LogP) is -8.68. The maximum Gasteiger partial charge on any atom is 4.00 e. The van der Waals surface area contributed by atoms with E-state index in [0.717, 1.165) is 0 Å². The van der Waals surface area contributed by atoms with Crippen molar-refractivity contribution in [2.45, 2.75) is 0 Å². The number of hydrogen-bond donors (Lipinski definition) is 0. The van der Waals surface area contributed by atoms with Gasteiger partial charge in [0.05, 0.1) is 23.9 Å². The molecule has 0 aromatic heterocycles. The van der Waals surface area contributed by atoms with Crippen LogP contribution in [0, 0.1) is 0 Å². The van der Waals surface area contributed by atoms with Gasteiger partial charge in [0.15, 0.2) is 0 Å². The van der Waals surface area contributed by atoms with Gasteiger partial charge in [0, 0.05) is 0 Å². The average Bonchev–Trinajstić information content (AvgIpc) is 1.88. The number of rotatable bonds is 0. The molecule has 0 unspecified atom stereocenters. The van der Waals surface area contributed by atoms with E-state index in [9.17, 15) is 0 Å². The summed E-state index contributed by atoms with van der Waals surface area (Å²) in [6.07, 6.45) is 0. The Morgan fingerprint density at radius 3 is 0.600 bits per heavy atom. The molecule has 0 spiro atoms. The molecular formula is C4H4FeO10. The van der Waals surface area contributed by atoms with E-state index < -0.39 is 23.9 Å². The summed E-state index contributed by atoms with van der Waals surface area (Å²) in [6, 6.07) is 0. The van der Waals surface area contributed by atoms with Crippen LogP contribution in [0.4, 0.5) is 0 Å². The van der Waals surface area contributed by atoms with Crippen LogP contribution in [0.2, 0.25) is 0 Å². The summed E-state index contributed by atoms with van der Waals surface area (Å²) in [5, 5.41) is 35.7. The molecule has 11 heteroatoms. The van der Waals surface area contributed by atoms with E-state index in [4.69, 9.17) is 39.6 Å². The molecule has 10 nitrogen and oxygen atoms in total. The van der Waals surface area contributed by atoms with Gasteiger partial charge in [-0.2, -0.15) is 0 Å². The number of carbonyl (C=O) groups is 4. The second-order valence-corrected chi connectivity index (χ2v) is 1.15. The van der Waals surface area contributed by atoms with Gasteiger partial charge < -0.3 is 50.6 Å². The van der Waals surface area contributed by atoms with E-state index in [1.807, 2.05) is 0 Å². The maximum atomic E-state index is 8.93. The largest absolute Gasteiger partial charge is 4.00 e. The molecule has 0 fully saturated rings. The first kappa shape index (κ1) is 29.2. The molecule has 0 saturated carbocycles. The number of carbonyl (C=O) groups excluding carboxylic acids is 4. The normalized spacial score (nSPS) is 5.87. The molecule has 0 aromatic carbocycles. The van der Waals surface area contributed by atoms with Gasteiger partial charge in [-0.3, -0.25) is 0 Å². The minimum atomic E-state index is -2.19. The molecule has 0 bridgehead atoms. The van der Waals surface area contributed by atoms with Crippen molar-refractivity contribution in [1.29, 1.82) is 0 Å². The molecule has 0 aliphatic heterocycles. The number of hydrogen-bond acceptors (Lipinski definition) is 8. The summed E-state index contributed by atoms with van der Waals surface area (Å²) < 4.78 is 0. The van der Waals surface area contributed by atoms with Crippen LogP contribution in [0.15, 0.2) is 0 Å². The van der Waals surface area contributed by atoms with Gasteiger partial charge >= 0.3 is 17.1 Å². The molecule has 0 aromatic rings. The monoisotopic (exact) mass is 268 g/mol. The van der Waals surface area contributed by atoms with Gasteiger partial charge in [-0.25, -0.2) is 0 Å². The Morgan fingerprint density at radius 1 is 0.533 bits per heavy atom. The summed E-state index contributed by atoms with van der Waals surface area (Å²) in [6.45, 7) is 0. The Balaban J connectivity index is -0.0000000370. The van der Waals surface area contributed by atoms with E-state index in [0.29, 0.717) is 0 Å². The number of carboxylic acids is 4. The Labute approximate surface area is 92.2 Å². The summed E-state index contributed by atoms with van der Waals surface area (Å²) >= 11 is 0. The van der Waals surface area contributed by atoms with E-state index in [1.54, 1.807) is 0 Å². The minimum absolute atomic E-state index is 0. The Bertz CT molecular complexity index is 173. The molecule has 15 heavy (non-hydrogen) atoms. The van der Waals surface area contributed by atoms with Gasteiger partial charge in [0.2, 0.25) is 0 Å². The van der Waals surface area contributed by atoms with E-state index >= 15 is 0 Å². The fraction of sp³-hybridized carbons (Fsp3) is 0. The fourth-order valence-corrected chi connectivity index (χ4v) is 0. The Kier molecular flexibility index (Phi) is 28.9. The molecule has 0 atom stereocenters. The maximum absolute atomic E-state index is 8.93. The van der Waals surface area contributed by atoms with Crippen LogP contribution >= 0.6 is 0 Å². The molecule has 0 amide bonds. The summed E-state index contributed by atoms with van der Waals surface area (Å²) in [5.74, 6) is -8.74. The number of carboxylic acid groups (broad SMARTS) is 4. The van der Waals surface area contributed by atoms with Crippen LogP contribution in [0.3, 0.4) is 0 Å².